The van der Waals surface area contributed by atoms with Crippen LogP contribution in [0.4, 0.5) is 0 Å². The highest BCUT2D eigenvalue weighted by molar-refractivity contribution is 5.89. The summed E-state index contributed by atoms with van der Waals surface area (Å²) in [5, 5.41) is 0. The predicted octanol–water partition coefficient (Wildman–Crippen LogP) is 1.49. The molecule has 0 amide bonds. The SMILES string of the molecule is CC1(C)O[C@H]2O[C@H]3[C@H](OC[C@@H]3OC(=O)c3ccccc3)[C@H]2O1. The van der Waals surface area contributed by atoms with Crippen molar-refractivity contribution in [2.24, 2.45) is 0 Å². The first-order valence-corrected chi connectivity index (χ1v) is 7.42. The van der Waals surface area contributed by atoms with Crippen LogP contribution in [-0.4, -0.2) is 49.1 Å². The molecule has 6 heteroatoms. The zero-order chi connectivity index (χ0) is 15.3. The minimum Gasteiger partial charge on any atom is -0.453 e. The third kappa shape index (κ3) is 2.32. The fourth-order valence-electron chi connectivity index (χ4n) is 3.17. The molecule has 3 fully saturated rings. The second-order valence-corrected chi connectivity index (χ2v) is 6.18. The van der Waals surface area contributed by atoms with Crippen molar-refractivity contribution < 1.29 is 28.5 Å². The molecule has 4 rings (SSSR count). The van der Waals surface area contributed by atoms with Crippen molar-refractivity contribution >= 4 is 5.97 Å². The third-order valence-corrected chi connectivity index (χ3v) is 4.11. The van der Waals surface area contributed by atoms with E-state index in [9.17, 15) is 4.79 Å². The minimum atomic E-state index is -0.678. The Kier molecular flexibility index (Phi) is 3.23. The largest absolute Gasteiger partial charge is 0.453 e. The maximum atomic E-state index is 12.1. The first-order valence-electron chi connectivity index (χ1n) is 7.42. The molecule has 0 spiro atoms. The number of ether oxygens (including phenoxy) is 5. The Balaban J connectivity index is 1.43. The van der Waals surface area contributed by atoms with Crippen LogP contribution in [0.2, 0.25) is 0 Å². The second kappa shape index (κ2) is 5.03. The van der Waals surface area contributed by atoms with Crippen LogP contribution in [0, 0.1) is 0 Å². The van der Waals surface area contributed by atoms with Crippen molar-refractivity contribution in [1.82, 2.24) is 0 Å². The number of carbonyl (C=O) groups excluding carboxylic acids is 1. The molecule has 3 heterocycles. The monoisotopic (exact) mass is 306 g/mol. The number of benzene rings is 1. The van der Waals surface area contributed by atoms with Gasteiger partial charge in [0.2, 0.25) is 0 Å². The Morgan fingerprint density at radius 1 is 1.14 bits per heavy atom. The van der Waals surface area contributed by atoms with Crippen LogP contribution in [-0.2, 0) is 23.7 Å². The number of carbonyl (C=O) groups is 1. The highest BCUT2D eigenvalue weighted by Crippen LogP contribution is 2.42. The van der Waals surface area contributed by atoms with Gasteiger partial charge in [-0.15, -0.1) is 0 Å². The molecule has 118 valence electrons. The van der Waals surface area contributed by atoms with E-state index in [1.165, 1.54) is 0 Å². The molecule has 0 aromatic heterocycles. The average molecular weight is 306 g/mol. The molecule has 1 aromatic rings. The topological polar surface area (TPSA) is 63.2 Å². The van der Waals surface area contributed by atoms with Gasteiger partial charge in [-0.1, -0.05) is 18.2 Å². The maximum absolute atomic E-state index is 12.1. The molecule has 0 bridgehead atoms. The highest BCUT2D eigenvalue weighted by atomic mass is 16.8. The van der Waals surface area contributed by atoms with E-state index in [-0.39, 0.29) is 24.3 Å². The molecule has 1 aromatic carbocycles. The predicted molar refractivity (Wildman–Crippen MR) is 74.1 cm³/mol. The molecule has 0 saturated carbocycles. The standard InChI is InChI=1S/C16H18O6/c1-16(2)21-13-12-11(20-15(13)22-16)10(8-18-12)19-14(17)9-6-4-3-5-7-9/h3-7,10-13,15H,8H2,1-2H3/t10-,11+,12-,13+,15+/m0/s1. The van der Waals surface area contributed by atoms with Crippen molar-refractivity contribution in [2.45, 2.75) is 50.3 Å². The number of rotatable bonds is 2. The summed E-state index contributed by atoms with van der Waals surface area (Å²) in [5.41, 5.74) is 0.512. The summed E-state index contributed by atoms with van der Waals surface area (Å²) >= 11 is 0. The average Bonchev–Trinajstić information content (AvgIpc) is 3.10. The molecule has 5 atom stereocenters. The molecular weight excluding hydrogens is 288 g/mol. The Morgan fingerprint density at radius 2 is 1.91 bits per heavy atom. The van der Waals surface area contributed by atoms with Crippen LogP contribution in [0.5, 0.6) is 0 Å². The van der Waals surface area contributed by atoms with E-state index in [0.717, 1.165) is 0 Å². The summed E-state index contributed by atoms with van der Waals surface area (Å²) in [6, 6.07) is 8.88. The normalized spacial score (nSPS) is 38.5. The number of esters is 1. The van der Waals surface area contributed by atoms with Crippen LogP contribution in [0.15, 0.2) is 30.3 Å². The van der Waals surface area contributed by atoms with Crippen LogP contribution < -0.4 is 0 Å². The van der Waals surface area contributed by atoms with E-state index in [1.54, 1.807) is 24.3 Å². The maximum Gasteiger partial charge on any atom is 0.338 e. The summed E-state index contributed by atoms with van der Waals surface area (Å²) in [7, 11) is 0. The van der Waals surface area contributed by atoms with Gasteiger partial charge in [0, 0.05) is 0 Å². The lowest BCUT2D eigenvalue weighted by Crippen LogP contribution is -2.37. The van der Waals surface area contributed by atoms with Crippen molar-refractivity contribution in [3.8, 4) is 0 Å². The first-order chi connectivity index (χ1) is 10.5. The van der Waals surface area contributed by atoms with E-state index < -0.39 is 18.2 Å². The van der Waals surface area contributed by atoms with Gasteiger partial charge in [-0.25, -0.2) is 4.79 Å². The lowest BCUT2D eigenvalue weighted by Gasteiger charge is -2.22. The van der Waals surface area contributed by atoms with Crippen LogP contribution >= 0.6 is 0 Å². The second-order valence-electron chi connectivity index (χ2n) is 6.18. The quantitative estimate of drug-likeness (QED) is 0.771. The molecule has 0 unspecified atom stereocenters. The molecule has 0 N–H and O–H groups in total. The molecule has 22 heavy (non-hydrogen) atoms. The smallest absolute Gasteiger partial charge is 0.338 e. The lowest BCUT2D eigenvalue weighted by molar-refractivity contribution is -0.214. The van der Waals surface area contributed by atoms with Gasteiger partial charge in [-0.05, 0) is 26.0 Å². The molecule has 6 nitrogen and oxygen atoms in total. The van der Waals surface area contributed by atoms with Crippen molar-refractivity contribution in [2.75, 3.05) is 6.61 Å². The van der Waals surface area contributed by atoms with Gasteiger partial charge in [0.1, 0.15) is 18.3 Å². The molecule has 3 aliphatic rings. The van der Waals surface area contributed by atoms with Gasteiger partial charge < -0.3 is 23.7 Å². The minimum absolute atomic E-state index is 0.264. The summed E-state index contributed by atoms with van der Waals surface area (Å²) in [6.45, 7) is 3.98. The van der Waals surface area contributed by atoms with Crippen molar-refractivity contribution in [1.29, 1.82) is 0 Å². The van der Waals surface area contributed by atoms with Crippen molar-refractivity contribution in [3.63, 3.8) is 0 Å². The van der Waals surface area contributed by atoms with Crippen LogP contribution in [0.1, 0.15) is 24.2 Å². The first kappa shape index (κ1) is 14.1. The molecule has 0 radical (unpaired) electrons. The Bertz CT molecular complexity index is 571. The number of hydrogen-bond acceptors (Lipinski definition) is 6. The van der Waals surface area contributed by atoms with E-state index >= 15 is 0 Å². The highest BCUT2D eigenvalue weighted by Gasteiger charge is 2.60. The summed E-state index contributed by atoms with van der Waals surface area (Å²) < 4.78 is 28.6. The molecule has 3 saturated heterocycles. The van der Waals surface area contributed by atoms with E-state index in [4.69, 9.17) is 23.7 Å². The van der Waals surface area contributed by atoms with Crippen molar-refractivity contribution in [3.05, 3.63) is 35.9 Å². The lowest BCUT2D eigenvalue weighted by atomic mass is 10.1. The molecular formula is C16H18O6. The summed E-state index contributed by atoms with van der Waals surface area (Å²) in [4.78, 5) is 12.1. The van der Waals surface area contributed by atoms with E-state index in [0.29, 0.717) is 12.2 Å². The zero-order valence-corrected chi connectivity index (χ0v) is 12.4. The van der Waals surface area contributed by atoms with Crippen LogP contribution in [0.3, 0.4) is 0 Å². The van der Waals surface area contributed by atoms with Gasteiger partial charge in [-0.2, -0.15) is 0 Å². The van der Waals surface area contributed by atoms with Gasteiger partial charge in [0.05, 0.1) is 12.2 Å². The Morgan fingerprint density at radius 3 is 2.68 bits per heavy atom. The summed E-state index contributed by atoms with van der Waals surface area (Å²) in [6.07, 6.45) is -1.80. The Labute approximate surface area is 128 Å². The molecule has 3 aliphatic heterocycles. The Hall–Kier alpha value is -1.47. The van der Waals surface area contributed by atoms with E-state index in [2.05, 4.69) is 0 Å². The zero-order valence-electron chi connectivity index (χ0n) is 12.4. The van der Waals surface area contributed by atoms with Gasteiger partial charge in [0.15, 0.2) is 18.2 Å². The molecule has 0 aliphatic carbocycles. The number of hydrogen-bond donors (Lipinski definition) is 0. The fraction of sp³-hybridized carbons (Fsp3) is 0.562. The third-order valence-electron chi connectivity index (χ3n) is 4.11. The summed E-state index contributed by atoms with van der Waals surface area (Å²) in [5.74, 6) is -1.06. The van der Waals surface area contributed by atoms with Crippen LogP contribution in [0.25, 0.3) is 0 Å². The van der Waals surface area contributed by atoms with Gasteiger partial charge >= 0.3 is 5.97 Å². The van der Waals surface area contributed by atoms with E-state index in [1.807, 2.05) is 19.9 Å². The fourth-order valence-corrected chi connectivity index (χ4v) is 3.17. The number of fused-ring (bicyclic) bond motifs is 3. The van der Waals surface area contributed by atoms with Gasteiger partial charge in [-0.3, -0.25) is 0 Å². The van der Waals surface area contributed by atoms with Gasteiger partial charge in [0.25, 0.3) is 0 Å².